The van der Waals surface area contributed by atoms with E-state index in [-0.39, 0.29) is 5.91 Å². The van der Waals surface area contributed by atoms with Gasteiger partial charge in [-0.1, -0.05) is 11.6 Å². The molecular formula is C16H17ClN4O2S. The van der Waals surface area contributed by atoms with Crippen molar-refractivity contribution in [3.8, 4) is 0 Å². The molecule has 8 heteroatoms. The molecule has 24 heavy (non-hydrogen) atoms. The summed E-state index contributed by atoms with van der Waals surface area (Å²) in [5, 5.41) is 2.59. The molecule has 0 bridgehead atoms. The Kier molecular flexibility index (Phi) is 4.39. The highest BCUT2D eigenvalue weighted by Gasteiger charge is 2.32. The van der Waals surface area contributed by atoms with Gasteiger partial charge >= 0.3 is 0 Å². The van der Waals surface area contributed by atoms with Crippen LogP contribution >= 0.6 is 22.9 Å². The zero-order valence-electron chi connectivity index (χ0n) is 13.0. The van der Waals surface area contributed by atoms with E-state index in [4.69, 9.17) is 16.3 Å². The third kappa shape index (κ3) is 3.11. The zero-order valence-corrected chi connectivity index (χ0v) is 14.6. The number of anilines is 1. The van der Waals surface area contributed by atoms with Crippen molar-refractivity contribution in [3.63, 3.8) is 0 Å². The maximum atomic E-state index is 12.8. The molecule has 1 saturated heterocycles. The normalized spacial score (nSPS) is 20.8. The molecule has 4 heterocycles. The fourth-order valence-electron chi connectivity index (χ4n) is 3.09. The Morgan fingerprint density at radius 2 is 2.17 bits per heavy atom. The Labute approximate surface area is 149 Å². The number of aromatic nitrogens is 2. The maximum Gasteiger partial charge on any atom is 0.253 e. The molecule has 0 spiro atoms. The van der Waals surface area contributed by atoms with Crippen LogP contribution in [-0.2, 0) is 22.5 Å². The van der Waals surface area contributed by atoms with Crippen LogP contribution in [-0.4, -0.2) is 53.1 Å². The molecule has 4 rings (SSSR count). The number of nitrogens with zero attached hydrogens (tertiary/aromatic N) is 4. The standard InChI is InChI=1S/C16H17ClN4O2S/c17-12-7-18-16(19-8-12)21-4-5-23-13(10-21)15(22)20-3-1-14-11(9-20)2-6-24-14/h2,6-8,13H,1,3-5,9-10H2. The number of morpholine rings is 1. The minimum atomic E-state index is -0.474. The lowest BCUT2D eigenvalue weighted by molar-refractivity contribution is -0.145. The first-order valence-corrected chi connectivity index (χ1v) is 9.14. The second-order valence-corrected chi connectivity index (χ2v) is 7.32. The number of hydrogen-bond donors (Lipinski definition) is 0. The molecule has 1 unspecified atom stereocenters. The van der Waals surface area contributed by atoms with E-state index >= 15 is 0 Å². The quantitative estimate of drug-likeness (QED) is 0.815. The molecule has 1 amide bonds. The predicted molar refractivity (Wildman–Crippen MR) is 92.4 cm³/mol. The van der Waals surface area contributed by atoms with Crippen molar-refractivity contribution < 1.29 is 9.53 Å². The van der Waals surface area contributed by atoms with E-state index < -0.39 is 6.10 Å². The lowest BCUT2D eigenvalue weighted by atomic mass is 10.1. The minimum absolute atomic E-state index is 0.0468. The molecule has 2 aliphatic rings. The number of amides is 1. The van der Waals surface area contributed by atoms with Crippen LogP contribution < -0.4 is 4.90 Å². The van der Waals surface area contributed by atoms with Gasteiger partial charge in [-0.2, -0.15) is 0 Å². The van der Waals surface area contributed by atoms with Gasteiger partial charge in [0.1, 0.15) is 0 Å². The zero-order chi connectivity index (χ0) is 16.5. The van der Waals surface area contributed by atoms with E-state index in [2.05, 4.69) is 21.4 Å². The number of ether oxygens (including phenoxy) is 1. The summed E-state index contributed by atoms with van der Waals surface area (Å²) in [6.07, 6.45) is 3.59. The summed E-state index contributed by atoms with van der Waals surface area (Å²) in [5.41, 5.74) is 1.26. The topological polar surface area (TPSA) is 58.6 Å². The maximum absolute atomic E-state index is 12.8. The summed E-state index contributed by atoms with van der Waals surface area (Å²) < 4.78 is 5.73. The number of fused-ring (bicyclic) bond motifs is 1. The van der Waals surface area contributed by atoms with Crippen LogP contribution in [0.25, 0.3) is 0 Å². The molecule has 0 saturated carbocycles. The van der Waals surface area contributed by atoms with Crippen LogP contribution in [0.2, 0.25) is 5.02 Å². The Hall–Kier alpha value is -1.70. The average molecular weight is 365 g/mol. The summed E-state index contributed by atoms with van der Waals surface area (Å²) in [5.74, 6) is 0.629. The van der Waals surface area contributed by atoms with E-state index in [0.29, 0.717) is 37.2 Å². The number of rotatable bonds is 2. The number of hydrogen-bond acceptors (Lipinski definition) is 6. The first kappa shape index (κ1) is 15.8. The Morgan fingerprint density at radius 1 is 1.33 bits per heavy atom. The van der Waals surface area contributed by atoms with E-state index in [0.717, 1.165) is 13.0 Å². The Bertz CT molecular complexity index is 736. The molecule has 6 nitrogen and oxygen atoms in total. The molecule has 126 valence electrons. The van der Waals surface area contributed by atoms with E-state index in [9.17, 15) is 4.79 Å². The van der Waals surface area contributed by atoms with Crippen molar-refractivity contribution >= 4 is 34.8 Å². The summed E-state index contributed by atoms with van der Waals surface area (Å²) in [6, 6.07) is 2.11. The number of carbonyl (C=O) groups excluding carboxylic acids is 1. The predicted octanol–water partition coefficient (Wildman–Crippen LogP) is 1.98. The number of thiophene rings is 1. The summed E-state index contributed by atoms with van der Waals surface area (Å²) in [7, 11) is 0. The average Bonchev–Trinajstić information content (AvgIpc) is 3.09. The SMILES string of the molecule is O=C(C1CN(c2ncc(Cl)cn2)CCO1)N1CCc2sccc2C1. The van der Waals surface area contributed by atoms with Gasteiger partial charge in [0.05, 0.1) is 30.6 Å². The van der Waals surface area contributed by atoms with Gasteiger partial charge in [-0.05, 0) is 23.4 Å². The van der Waals surface area contributed by atoms with Gasteiger partial charge in [0.15, 0.2) is 6.10 Å². The van der Waals surface area contributed by atoms with Crippen LogP contribution in [0.3, 0.4) is 0 Å². The lowest BCUT2D eigenvalue weighted by Gasteiger charge is -2.36. The monoisotopic (exact) mass is 364 g/mol. The molecule has 1 atom stereocenters. The Morgan fingerprint density at radius 3 is 3.00 bits per heavy atom. The molecule has 0 aliphatic carbocycles. The van der Waals surface area contributed by atoms with Crippen molar-refractivity contribution in [2.45, 2.75) is 19.1 Å². The largest absolute Gasteiger partial charge is 0.365 e. The molecule has 0 N–H and O–H groups in total. The van der Waals surface area contributed by atoms with Crippen molar-refractivity contribution in [1.82, 2.24) is 14.9 Å². The molecule has 2 aromatic rings. The van der Waals surface area contributed by atoms with Gasteiger partial charge in [0.2, 0.25) is 5.95 Å². The molecule has 2 aromatic heterocycles. The highest BCUT2D eigenvalue weighted by Crippen LogP contribution is 2.25. The van der Waals surface area contributed by atoms with Crippen LogP contribution in [0, 0.1) is 0 Å². The summed E-state index contributed by atoms with van der Waals surface area (Å²) in [6.45, 7) is 3.05. The number of carbonyl (C=O) groups is 1. The fourth-order valence-corrected chi connectivity index (χ4v) is 4.08. The summed E-state index contributed by atoms with van der Waals surface area (Å²) in [4.78, 5) is 26.6. The van der Waals surface area contributed by atoms with Crippen molar-refractivity contribution in [2.75, 3.05) is 31.1 Å². The van der Waals surface area contributed by atoms with Crippen molar-refractivity contribution in [3.05, 3.63) is 39.3 Å². The van der Waals surface area contributed by atoms with Gasteiger partial charge in [-0.15, -0.1) is 11.3 Å². The summed E-state index contributed by atoms with van der Waals surface area (Å²) >= 11 is 7.60. The molecule has 2 aliphatic heterocycles. The third-order valence-corrected chi connectivity index (χ3v) is 5.57. The van der Waals surface area contributed by atoms with E-state index in [1.165, 1.54) is 10.4 Å². The molecule has 0 radical (unpaired) electrons. The highest BCUT2D eigenvalue weighted by atomic mass is 35.5. The molecule has 0 aromatic carbocycles. The van der Waals surface area contributed by atoms with E-state index in [1.807, 2.05) is 9.80 Å². The van der Waals surface area contributed by atoms with Crippen molar-refractivity contribution in [1.29, 1.82) is 0 Å². The molecular weight excluding hydrogens is 348 g/mol. The van der Waals surface area contributed by atoms with Gasteiger partial charge in [-0.3, -0.25) is 4.79 Å². The second kappa shape index (κ2) is 6.66. The van der Waals surface area contributed by atoms with Crippen LogP contribution in [0.15, 0.2) is 23.8 Å². The van der Waals surface area contributed by atoms with Crippen LogP contribution in [0.5, 0.6) is 0 Å². The first-order chi connectivity index (χ1) is 11.7. The van der Waals surface area contributed by atoms with Gasteiger partial charge in [0.25, 0.3) is 5.91 Å². The third-order valence-electron chi connectivity index (χ3n) is 4.35. The molecule has 1 fully saturated rings. The van der Waals surface area contributed by atoms with Crippen LogP contribution in [0.1, 0.15) is 10.4 Å². The smallest absolute Gasteiger partial charge is 0.253 e. The van der Waals surface area contributed by atoms with Crippen molar-refractivity contribution in [2.24, 2.45) is 0 Å². The van der Waals surface area contributed by atoms with Gasteiger partial charge in [-0.25, -0.2) is 9.97 Å². The first-order valence-electron chi connectivity index (χ1n) is 7.89. The lowest BCUT2D eigenvalue weighted by Crippen LogP contribution is -2.52. The number of halogens is 1. The fraction of sp³-hybridized carbons (Fsp3) is 0.438. The highest BCUT2D eigenvalue weighted by molar-refractivity contribution is 7.10. The second-order valence-electron chi connectivity index (χ2n) is 5.89. The van der Waals surface area contributed by atoms with E-state index in [1.54, 1.807) is 23.7 Å². The van der Waals surface area contributed by atoms with Gasteiger partial charge < -0.3 is 14.5 Å². The minimum Gasteiger partial charge on any atom is -0.365 e. The van der Waals surface area contributed by atoms with Gasteiger partial charge in [0, 0.05) is 24.5 Å². The Balaban J connectivity index is 1.44. The van der Waals surface area contributed by atoms with Crippen LogP contribution in [0.4, 0.5) is 5.95 Å².